The average molecular weight is 365 g/mol. The predicted octanol–water partition coefficient (Wildman–Crippen LogP) is 2.20. The second-order valence-corrected chi connectivity index (χ2v) is 7.28. The maximum atomic E-state index is 12.3. The molecule has 0 aromatic heterocycles. The Morgan fingerprint density at radius 3 is 2.15 bits per heavy atom. The lowest BCUT2D eigenvalue weighted by atomic mass is 9.72. The van der Waals surface area contributed by atoms with E-state index in [1.807, 2.05) is 12.1 Å². The Balaban J connectivity index is 1.57. The maximum Gasteiger partial charge on any atom is 0.251 e. The van der Waals surface area contributed by atoms with Crippen LogP contribution in [-0.2, 0) is 10.2 Å². The van der Waals surface area contributed by atoms with Crippen molar-refractivity contribution in [3.63, 3.8) is 0 Å². The fraction of sp³-hybridized carbons (Fsp3) is 0.364. The second kappa shape index (κ2) is 8.82. The van der Waals surface area contributed by atoms with Gasteiger partial charge >= 0.3 is 0 Å². The molecule has 0 spiro atoms. The highest BCUT2D eigenvalue weighted by Gasteiger charge is 2.35. The van der Waals surface area contributed by atoms with Crippen molar-refractivity contribution in [1.29, 1.82) is 0 Å². The van der Waals surface area contributed by atoms with Crippen molar-refractivity contribution in [2.24, 2.45) is 0 Å². The Bertz CT molecular complexity index is 754. The van der Waals surface area contributed by atoms with Gasteiger partial charge in [-0.1, -0.05) is 48.5 Å². The van der Waals surface area contributed by atoms with Crippen LogP contribution in [0.1, 0.15) is 28.8 Å². The first-order valence-corrected chi connectivity index (χ1v) is 9.43. The number of hydrogen-bond donors (Lipinski definition) is 2. The summed E-state index contributed by atoms with van der Waals surface area (Å²) in [6.07, 6.45) is 2.01. The number of benzene rings is 2. The fourth-order valence-corrected chi connectivity index (χ4v) is 3.59. The van der Waals surface area contributed by atoms with Crippen LogP contribution in [0.25, 0.3) is 0 Å². The molecule has 1 aliphatic heterocycles. The number of rotatable bonds is 6. The molecule has 0 atom stereocenters. The molecule has 1 fully saturated rings. The first kappa shape index (κ1) is 19.1. The number of nitrogens with one attached hydrogen (secondary N) is 2. The van der Waals surface area contributed by atoms with Crippen LogP contribution < -0.4 is 10.6 Å². The largest absolute Gasteiger partial charge is 0.354 e. The summed E-state index contributed by atoms with van der Waals surface area (Å²) >= 11 is 0. The first-order chi connectivity index (χ1) is 13.1. The lowest BCUT2D eigenvalue weighted by Crippen LogP contribution is -2.49. The topological polar surface area (TPSA) is 61.4 Å². The smallest absolute Gasteiger partial charge is 0.251 e. The molecule has 0 radical (unpaired) electrons. The molecule has 2 aromatic rings. The molecule has 1 aliphatic rings. The van der Waals surface area contributed by atoms with Crippen molar-refractivity contribution in [3.05, 3.63) is 71.8 Å². The number of carbonyl (C=O) groups is 2. The zero-order chi connectivity index (χ0) is 19.1. The highest BCUT2D eigenvalue weighted by Crippen LogP contribution is 2.34. The van der Waals surface area contributed by atoms with Gasteiger partial charge in [0, 0.05) is 17.5 Å². The minimum atomic E-state index is -0.234. The van der Waals surface area contributed by atoms with Crippen LogP contribution in [0.15, 0.2) is 60.7 Å². The number of piperidine rings is 1. The Labute approximate surface area is 160 Å². The molecule has 2 amide bonds. The van der Waals surface area contributed by atoms with E-state index in [-0.39, 0.29) is 23.8 Å². The van der Waals surface area contributed by atoms with Crippen molar-refractivity contribution < 1.29 is 9.59 Å². The van der Waals surface area contributed by atoms with Crippen LogP contribution in [0.3, 0.4) is 0 Å². The number of likely N-dealkylation sites (tertiary alicyclic amines) is 1. The van der Waals surface area contributed by atoms with Crippen LogP contribution in [0, 0.1) is 0 Å². The summed E-state index contributed by atoms with van der Waals surface area (Å²) in [5.41, 5.74) is 1.78. The molecule has 3 rings (SSSR count). The van der Waals surface area contributed by atoms with E-state index in [4.69, 9.17) is 0 Å². The third-order valence-electron chi connectivity index (χ3n) is 5.40. The third-order valence-corrected chi connectivity index (χ3v) is 5.40. The van der Waals surface area contributed by atoms with Gasteiger partial charge in [0.25, 0.3) is 5.91 Å². The van der Waals surface area contributed by atoms with E-state index in [0.717, 1.165) is 25.9 Å². The fourth-order valence-electron chi connectivity index (χ4n) is 3.59. The summed E-state index contributed by atoms with van der Waals surface area (Å²) < 4.78 is 0. The molecule has 1 saturated heterocycles. The molecule has 1 heterocycles. The highest BCUT2D eigenvalue weighted by atomic mass is 16.2. The van der Waals surface area contributed by atoms with Gasteiger partial charge in [0.15, 0.2) is 0 Å². The normalized spacial score (nSPS) is 16.5. The molecule has 0 aliphatic carbocycles. The van der Waals surface area contributed by atoms with Crippen LogP contribution >= 0.6 is 0 Å². The maximum absolute atomic E-state index is 12.3. The summed E-state index contributed by atoms with van der Waals surface area (Å²) in [5, 5.41) is 5.73. The molecule has 2 aromatic carbocycles. The minimum Gasteiger partial charge on any atom is -0.354 e. The molecule has 5 heteroatoms. The van der Waals surface area contributed by atoms with Gasteiger partial charge in [0.2, 0.25) is 5.91 Å². The van der Waals surface area contributed by atoms with E-state index in [9.17, 15) is 9.59 Å². The van der Waals surface area contributed by atoms with E-state index in [1.54, 1.807) is 24.3 Å². The van der Waals surface area contributed by atoms with Crippen molar-refractivity contribution in [1.82, 2.24) is 15.5 Å². The van der Waals surface area contributed by atoms with Gasteiger partial charge in [-0.05, 0) is 50.7 Å². The van der Waals surface area contributed by atoms with Crippen molar-refractivity contribution in [3.8, 4) is 0 Å². The summed E-state index contributed by atoms with van der Waals surface area (Å²) in [4.78, 5) is 26.7. The van der Waals surface area contributed by atoms with Gasteiger partial charge < -0.3 is 15.5 Å². The predicted molar refractivity (Wildman–Crippen MR) is 107 cm³/mol. The monoisotopic (exact) mass is 365 g/mol. The average Bonchev–Trinajstić information content (AvgIpc) is 2.73. The van der Waals surface area contributed by atoms with Crippen molar-refractivity contribution in [2.75, 3.05) is 33.2 Å². The Hall–Kier alpha value is -2.66. The molecule has 142 valence electrons. The highest BCUT2D eigenvalue weighted by molar-refractivity contribution is 5.96. The van der Waals surface area contributed by atoms with Gasteiger partial charge in [0.1, 0.15) is 0 Å². The Morgan fingerprint density at radius 2 is 1.52 bits per heavy atom. The second-order valence-electron chi connectivity index (χ2n) is 7.28. The van der Waals surface area contributed by atoms with Crippen molar-refractivity contribution in [2.45, 2.75) is 18.3 Å². The summed E-state index contributed by atoms with van der Waals surface area (Å²) in [6.45, 7) is 2.59. The summed E-state index contributed by atoms with van der Waals surface area (Å²) in [5.74, 6) is -0.392. The number of hydrogen-bond acceptors (Lipinski definition) is 3. The summed E-state index contributed by atoms with van der Waals surface area (Å²) in [7, 11) is 2.13. The Morgan fingerprint density at radius 1 is 0.926 bits per heavy atom. The quantitative estimate of drug-likeness (QED) is 0.825. The standard InChI is InChI=1S/C22H27N3O2/c1-25-14-12-22(13-15-25,19-10-6-3-7-11-19)17-24-20(26)16-23-21(27)18-8-4-2-5-9-18/h2-11H,12-17H2,1H3,(H,23,27)(H,24,26). The number of nitrogens with zero attached hydrogens (tertiary/aromatic N) is 1. The van der Waals surface area contributed by atoms with Gasteiger partial charge in [-0.3, -0.25) is 9.59 Å². The molecular weight excluding hydrogens is 338 g/mol. The van der Waals surface area contributed by atoms with Crippen LogP contribution in [0.4, 0.5) is 0 Å². The van der Waals surface area contributed by atoms with E-state index in [2.05, 4.69) is 46.8 Å². The van der Waals surface area contributed by atoms with Gasteiger partial charge in [-0.25, -0.2) is 0 Å². The van der Waals surface area contributed by atoms with Gasteiger partial charge in [-0.2, -0.15) is 0 Å². The molecule has 0 unspecified atom stereocenters. The molecule has 2 N–H and O–H groups in total. The molecule has 27 heavy (non-hydrogen) atoms. The SMILES string of the molecule is CN1CCC(CNC(=O)CNC(=O)c2ccccc2)(c2ccccc2)CC1. The molecule has 5 nitrogen and oxygen atoms in total. The summed E-state index contributed by atoms with van der Waals surface area (Å²) in [6, 6.07) is 19.3. The first-order valence-electron chi connectivity index (χ1n) is 9.43. The van der Waals surface area contributed by atoms with Crippen LogP contribution in [-0.4, -0.2) is 49.9 Å². The minimum absolute atomic E-state index is 0.0154. The third kappa shape index (κ3) is 4.95. The molecule has 0 bridgehead atoms. The van der Waals surface area contributed by atoms with E-state index < -0.39 is 0 Å². The zero-order valence-electron chi connectivity index (χ0n) is 15.8. The van der Waals surface area contributed by atoms with E-state index in [1.165, 1.54) is 5.56 Å². The number of carbonyl (C=O) groups excluding carboxylic acids is 2. The van der Waals surface area contributed by atoms with Crippen molar-refractivity contribution >= 4 is 11.8 Å². The van der Waals surface area contributed by atoms with Gasteiger partial charge in [-0.15, -0.1) is 0 Å². The zero-order valence-corrected chi connectivity index (χ0v) is 15.8. The van der Waals surface area contributed by atoms with Crippen LogP contribution in [0.5, 0.6) is 0 Å². The molecule has 0 saturated carbocycles. The lowest BCUT2D eigenvalue weighted by molar-refractivity contribution is -0.120. The van der Waals surface area contributed by atoms with E-state index in [0.29, 0.717) is 12.1 Å². The lowest BCUT2D eigenvalue weighted by Gasteiger charge is -2.41. The van der Waals surface area contributed by atoms with Crippen LogP contribution in [0.2, 0.25) is 0 Å². The number of amides is 2. The van der Waals surface area contributed by atoms with E-state index >= 15 is 0 Å². The Kier molecular flexibility index (Phi) is 6.24. The van der Waals surface area contributed by atoms with Gasteiger partial charge in [0.05, 0.1) is 6.54 Å². The molecular formula is C22H27N3O2.